The molecule has 0 aromatic heterocycles. The molecule has 0 aliphatic heterocycles. The molecule has 0 saturated heterocycles. The van der Waals surface area contributed by atoms with E-state index in [-0.39, 0.29) is 63.9 Å². The molecule has 62 heavy (non-hydrogen) atoms. The maximum absolute atomic E-state index is 14.7. The van der Waals surface area contributed by atoms with Crippen molar-refractivity contribution in [3.63, 3.8) is 0 Å². The Morgan fingerprint density at radius 1 is 0.790 bits per heavy atom. The van der Waals surface area contributed by atoms with Crippen LogP contribution in [0, 0.1) is 62.6 Å². The fraction of sp³-hybridized carbons (Fsp3) is 0.660. The van der Waals surface area contributed by atoms with Crippen LogP contribution in [-0.2, 0) is 27.3 Å². The second-order valence-electron chi connectivity index (χ2n) is 22.0. The van der Waals surface area contributed by atoms with E-state index in [1.165, 1.54) is 38.4 Å². The Kier molecular flexibility index (Phi) is 12.8. The summed E-state index contributed by atoms with van der Waals surface area (Å²) in [5, 5.41) is 20.3. The molecule has 2 aromatic carbocycles. The van der Waals surface area contributed by atoms with Crippen molar-refractivity contribution in [2.24, 2.45) is 62.6 Å². The van der Waals surface area contributed by atoms with Crippen LogP contribution in [0.1, 0.15) is 151 Å². The van der Waals surface area contributed by atoms with Gasteiger partial charge in [-0.05, 0) is 170 Å². The third-order valence-corrected chi connectivity index (χ3v) is 18.5. The molecule has 11 atom stereocenters. The first-order valence-corrected chi connectivity index (χ1v) is 23.7. The fourth-order valence-corrected chi connectivity index (χ4v) is 14.8. The van der Waals surface area contributed by atoms with Crippen molar-refractivity contribution >= 4 is 23.7 Å². The number of amides is 3. The van der Waals surface area contributed by atoms with E-state index in [1.54, 1.807) is 30.3 Å². The molecule has 2 aromatic rings. The number of aliphatic hydroxyl groups excluding tert-OH is 1. The van der Waals surface area contributed by atoms with Gasteiger partial charge in [-0.1, -0.05) is 84.9 Å². The normalized spacial score (nSPS) is 35.0. The van der Waals surface area contributed by atoms with Crippen LogP contribution in [0.5, 0.6) is 0 Å². The Bertz CT molecular complexity index is 2040. The van der Waals surface area contributed by atoms with Crippen LogP contribution in [0.2, 0.25) is 0 Å². The van der Waals surface area contributed by atoms with Crippen molar-refractivity contribution < 1.29 is 29.0 Å². The fourth-order valence-electron chi connectivity index (χ4n) is 14.8. The van der Waals surface area contributed by atoms with Gasteiger partial charge in [-0.25, -0.2) is 4.79 Å². The van der Waals surface area contributed by atoms with Crippen LogP contribution < -0.4 is 16.0 Å². The quantitative estimate of drug-likeness (QED) is 0.124. The van der Waals surface area contributed by atoms with Gasteiger partial charge < -0.3 is 25.8 Å². The lowest BCUT2D eigenvalue weighted by molar-refractivity contribution is -0.246. The lowest BCUT2D eigenvalue weighted by atomic mass is 9.32. The third-order valence-electron chi connectivity index (χ3n) is 18.5. The largest absolute Gasteiger partial charge is 0.467 e. The lowest BCUT2D eigenvalue weighted by Crippen LogP contribution is -2.67. The number of hydrogen-bond donors (Lipinski definition) is 4. The van der Waals surface area contributed by atoms with Gasteiger partial charge in [0.25, 0.3) is 11.8 Å². The van der Waals surface area contributed by atoms with Crippen LogP contribution in [0.3, 0.4) is 0 Å². The molecule has 3 amide bonds. The molecule has 9 nitrogen and oxygen atoms in total. The minimum atomic E-state index is -0.744. The van der Waals surface area contributed by atoms with Crippen molar-refractivity contribution in [1.29, 1.82) is 0 Å². The van der Waals surface area contributed by atoms with E-state index < -0.39 is 17.4 Å². The Labute approximate surface area is 371 Å². The second kappa shape index (κ2) is 17.2. The predicted molar refractivity (Wildman–Crippen MR) is 244 cm³/mol. The summed E-state index contributed by atoms with van der Waals surface area (Å²) >= 11 is 0. The minimum Gasteiger partial charge on any atom is -0.467 e. The summed E-state index contributed by atoms with van der Waals surface area (Å²) in [4.78, 5) is 53.0. The van der Waals surface area contributed by atoms with Crippen molar-refractivity contribution in [1.82, 2.24) is 16.0 Å². The van der Waals surface area contributed by atoms with Gasteiger partial charge in [-0.15, -0.1) is 0 Å². The van der Waals surface area contributed by atoms with E-state index in [0.29, 0.717) is 47.8 Å². The second-order valence-corrected chi connectivity index (χ2v) is 22.0. The molecule has 0 spiro atoms. The Balaban J connectivity index is 0.977. The molecule has 0 radical (unpaired) electrons. The van der Waals surface area contributed by atoms with Crippen molar-refractivity contribution in [2.75, 3.05) is 13.7 Å². The SMILES string of the molecule is C=C(C)[C@@H]1CC[C@]2(C(=O)NCCc3cccc(C(=O)NCc4ccc(C(=O)N[C@@H](C(=O)OC)C(C)C)cc4)c3)CC[C@]3(C)C(CCC4[C@@]5(C)CC[C@H](O)C(C)(C)C5CC[C@]43C)C12. The zero-order chi connectivity index (χ0) is 45.0. The number of allylic oxidation sites excluding steroid dienone is 1. The molecule has 5 aliphatic rings. The molecule has 0 bridgehead atoms. The number of esters is 1. The summed E-state index contributed by atoms with van der Waals surface area (Å²) in [7, 11) is 1.30. The molecule has 4 N–H and O–H groups in total. The van der Waals surface area contributed by atoms with E-state index in [0.717, 1.165) is 49.7 Å². The first kappa shape index (κ1) is 46.0. The number of hydrogen-bond acceptors (Lipinski definition) is 6. The summed E-state index contributed by atoms with van der Waals surface area (Å²) < 4.78 is 4.84. The molecular formula is C53H75N3O6. The maximum Gasteiger partial charge on any atom is 0.328 e. The standard InChI is InChI=1S/C53H75N3O6/c1-32(2)38-20-26-53(28-27-51(8)39(43(38)53)18-19-41-50(7)24-22-42(57)49(5,6)40(50)21-25-52(41,51)9)48(61)54-29-23-34-12-11-13-37(30-34)45(58)55-31-35-14-16-36(17-15-35)46(59)56-44(33(3)4)47(60)62-10/h11-17,30,33,38-44,57H,1,18-29,31H2,2-10H3,(H,54,61)(H,55,58)(H,56,59)/t38-,39?,40?,41?,42-,43?,44+,50-,51+,52+,53-/m0/s1. The van der Waals surface area contributed by atoms with E-state index in [1.807, 2.05) is 32.0 Å². The van der Waals surface area contributed by atoms with Gasteiger partial charge in [0, 0.05) is 24.2 Å². The van der Waals surface area contributed by atoms with Crippen LogP contribution >= 0.6 is 0 Å². The summed E-state index contributed by atoms with van der Waals surface area (Å²) in [6.45, 7) is 23.7. The molecule has 5 aliphatic carbocycles. The van der Waals surface area contributed by atoms with Crippen LogP contribution in [-0.4, -0.2) is 54.6 Å². The highest BCUT2D eigenvalue weighted by Crippen LogP contribution is 2.77. The number of fused-ring (bicyclic) bond motifs is 7. The lowest BCUT2D eigenvalue weighted by Gasteiger charge is -2.72. The van der Waals surface area contributed by atoms with E-state index >= 15 is 0 Å². The van der Waals surface area contributed by atoms with Gasteiger partial charge in [0.2, 0.25) is 5.91 Å². The highest BCUT2D eigenvalue weighted by molar-refractivity contribution is 5.97. The summed E-state index contributed by atoms with van der Waals surface area (Å²) in [6.07, 6.45) is 11.1. The van der Waals surface area contributed by atoms with Gasteiger partial charge in [-0.2, -0.15) is 0 Å². The van der Waals surface area contributed by atoms with Crippen LogP contribution in [0.4, 0.5) is 0 Å². The molecule has 9 heteroatoms. The first-order valence-electron chi connectivity index (χ1n) is 23.7. The number of carbonyl (C=O) groups excluding carboxylic acids is 4. The highest BCUT2D eigenvalue weighted by Gasteiger charge is 2.71. The minimum absolute atomic E-state index is 0.0683. The molecule has 7 rings (SSSR count). The molecule has 4 unspecified atom stereocenters. The van der Waals surface area contributed by atoms with Crippen molar-refractivity contribution in [3.05, 3.63) is 82.9 Å². The molecule has 338 valence electrons. The van der Waals surface area contributed by atoms with Gasteiger partial charge in [0.1, 0.15) is 6.04 Å². The van der Waals surface area contributed by atoms with Gasteiger partial charge in [-0.3, -0.25) is 14.4 Å². The number of ether oxygens (including phenoxy) is 1. The Hall–Kier alpha value is -3.98. The van der Waals surface area contributed by atoms with E-state index in [9.17, 15) is 24.3 Å². The topological polar surface area (TPSA) is 134 Å². The average Bonchev–Trinajstić information content (AvgIpc) is 3.65. The number of methoxy groups -OCH3 is 1. The zero-order valence-electron chi connectivity index (χ0n) is 39.1. The summed E-state index contributed by atoms with van der Waals surface area (Å²) in [6, 6.07) is 13.8. The molecular weight excluding hydrogens is 775 g/mol. The number of aliphatic hydroxyl groups is 1. The molecule has 5 fully saturated rings. The number of benzene rings is 2. The van der Waals surface area contributed by atoms with Crippen molar-refractivity contribution in [2.45, 2.75) is 145 Å². The zero-order valence-corrected chi connectivity index (χ0v) is 39.1. The Morgan fingerprint density at radius 3 is 2.19 bits per heavy atom. The average molecular weight is 850 g/mol. The van der Waals surface area contributed by atoms with Crippen LogP contribution in [0.25, 0.3) is 0 Å². The molecule has 5 saturated carbocycles. The van der Waals surface area contributed by atoms with E-state index in [2.05, 4.69) is 64.1 Å². The number of nitrogens with one attached hydrogen (secondary N) is 3. The monoisotopic (exact) mass is 850 g/mol. The van der Waals surface area contributed by atoms with Crippen molar-refractivity contribution in [3.8, 4) is 0 Å². The van der Waals surface area contributed by atoms with Gasteiger partial charge in [0.15, 0.2) is 0 Å². The third kappa shape index (κ3) is 7.74. The highest BCUT2D eigenvalue weighted by atomic mass is 16.5. The van der Waals surface area contributed by atoms with Crippen LogP contribution in [0.15, 0.2) is 60.7 Å². The first-order chi connectivity index (χ1) is 29.2. The number of rotatable bonds is 12. The maximum atomic E-state index is 14.7. The predicted octanol–water partition coefficient (Wildman–Crippen LogP) is 9.22. The summed E-state index contributed by atoms with van der Waals surface area (Å²) in [5.74, 6) is 1.29. The Morgan fingerprint density at radius 2 is 1.52 bits per heavy atom. The van der Waals surface area contributed by atoms with E-state index in [4.69, 9.17) is 4.74 Å². The van der Waals surface area contributed by atoms with Gasteiger partial charge in [0.05, 0.1) is 18.6 Å². The number of carbonyl (C=O) groups is 4. The van der Waals surface area contributed by atoms with Gasteiger partial charge >= 0.3 is 5.97 Å². The summed E-state index contributed by atoms with van der Waals surface area (Å²) in [5.41, 5.74) is 4.11. The molecule has 0 heterocycles. The smallest absolute Gasteiger partial charge is 0.328 e.